The molecule has 2 amide bonds. The van der Waals surface area contributed by atoms with Crippen molar-refractivity contribution in [2.45, 2.75) is 12.8 Å². The minimum atomic E-state index is -0.371. The maximum Gasteiger partial charge on any atom is 0.253 e. The Kier molecular flexibility index (Phi) is 5.68. The quantitative estimate of drug-likeness (QED) is 0.676. The van der Waals surface area contributed by atoms with Crippen molar-refractivity contribution in [1.82, 2.24) is 15.3 Å². The van der Waals surface area contributed by atoms with Crippen LogP contribution in [0, 0.1) is 11.7 Å². The summed E-state index contributed by atoms with van der Waals surface area (Å²) in [6.07, 6.45) is 6.01. The highest BCUT2D eigenvalue weighted by Crippen LogP contribution is 2.19. The molecule has 1 aliphatic heterocycles. The van der Waals surface area contributed by atoms with Gasteiger partial charge in [-0.1, -0.05) is 0 Å². The normalized spacial score (nSPS) is 15.2. The summed E-state index contributed by atoms with van der Waals surface area (Å²) >= 11 is 0. The molecular formula is C19H19FN4O2. The molecule has 1 aromatic heterocycles. The van der Waals surface area contributed by atoms with Crippen LogP contribution in [0.1, 0.15) is 28.8 Å². The van der Waals surface area contributed by atoms with Crippen molar-refractivity contribution in [3.05, 3.63) is 65.7 Å². The number of halogens is 1. The summed E-state index contributed by atoms with van der Waals surface area (Å²) in [4.78, 5) is 30.2. The molecule has 26 heavy (non-hydrogen) atoms. The number of piperidine rings is 1. The second kappa shape index (κ2) is 8.33. The molecular weight excluding hydrogens is 335 g/mol. The van der Waals surface area contributed by atoms with Gasteiger partial charge in [-0.3, -0.25) is 14.6 Å². The number of aromatic nitrogens is 1. The van der Waals surface area contributed by atoms with Crippen molar-refractivity contribution in [2.24, 2.45) is 11.0 Å². The number of rotatable bonds is 4. The molecule has 6 nitrogen and oxygen atoms in total. The van der Waals surface area contributed by atoms with Gasteiger partial charge in [-0.15, -0.1) is 0 Å². The van der Waals surface area contributed by atoms with Crippen LogP contribution in [0.5, 0.6) is 0 Å². The van der Waals surface area contributed by atoms with Gasteiger partial charge in [0.05, 0.1) is 6.21 Å². The molecule has 1 aliphatic rings. The van der Waals surface area contributed by atoms with Crippen LogP contribution in [0.25, 0.3) is 0 Å². The summed E-state index contributed by atoms with van der Waals surface area (Å²) in [6.45, 7) is 0.977. The van der Waals surface area contributed by atoms with Crippen molar-refractivity contribution in [3.63, 3.8) is 0 Å². The Morgan fingerprint density at radius 1 is 1.12 bits per heavy atom. The molecule has 0 spiro atoms. The van der Waals surface area contributed by atoms with Crippen molar-refractivity contribution in [2.75, 3.05) is 13.1 Å². The molecule has 2 aromatic rings. The third-order valence-electron chi connectivity index (χ3n) is 4.34. The van der Waals surface area contributed by atoms with E-state index in [0.717, 1.165) is 5.56 Å². The molecule has 0 unspecified atom stereocenters. The maximum atomic E-state index is 13.0. The zero-order chi connectivity index (χ0) is 18.4. The molecule has 0 radical (unpaired) electrons. The first-order valence-electron chi connectivity index (χ1n) is 8.41. The summed E-state index contributed by atoms with van der Waals surface area (Å²) in [6, 6.07) is 9.07. The van der Waals surface area contributed by atoms with Crippen LogP contribution in [0.4, 0.5) is 4.39 Å². The highest BCUT2D eigenvalue weighted by Gasteiger charge is 2.27. The Labute approximate surface area is 150 Å². The largest absolute Gasteiger partial charge is 0.339 e. The summed E-state index contributed by atoms with van der Waals surface area (Å²) in [5, 5.41) is 3.96. The Morgan fingerprint density at radius 3 is 2.42 bits per heavy atom. The first-order chi connectivity index (χ1) is 12.6. The highest BCUT2D eigenvalue weighted by atomic mass is 19.1. The van der Waals surface area contributed by atoms with Crippen LogP contribution in [-0.2, 0) is 4.79 Å². The Hall–Kier alpha value is -3.09. The molecule has 0 aliphatic carbocycles. The lowest BCUT2D eigenvalue weighted by Gasteiger charge is -2.31. The molecule has 0 atom stereocenters. The SMILES string of the molecule is O=C(NN=Cc1ccncc1)C1CCN(C(=O)c2ccc(F)cc2)CC1. The summed E-state index contributed by atoms with van der Waals surface area (Å²) < 4.78 is 13.0. The van der Waals surface area contributed by atoms with Crippen molar-refractivity contribution in [3.8, 4) is 0 Å². The predicted molar refractivity (Wildman–Crippen MR) is 95.0 cm³/mol. The molecule has 1 fully saturated rings. The number of hydrogen-bond donors (Lipinski definition) is 1. The van der Waals surface area contributed by atoms with Gasteiger partial charge in [0, 0.05) is 37.0 Å². The fraction of sp³-hybridized carbons (Fsp3) is 0.263. The van der Waals surface area contributed by atoms with E-state index < -0.39 is 0 Å². The van der Waals surface area contributed by atoms with Gasteiger partial charge in [0.15, 0.2) is 0 Å². The highest BCUT2D eigenvalue weighted by molar-refractivity contribution is 5.94. The van der Waals surface area contributed by atoms with Gasteiger partial charge in [0.1, 0.15) is 5.82 Å². The van der Waals surface area contributed by atoms with E-state index in [2.05, 4.69) is 15.5 Å². The standard InChI is InChI=1S/C19H19FN4O2/c20-17-3-1-16(2-4-17)19(26)24-11-7-15(8-12-24)18(25)23-22-13-14-5-9-21-10-6-14/h1-6,9-10,13,15H,7-8,11-12H2,(H,23,25). The van der Waals surface area contributed by atoms with Crippen molar-refractivity contribution >= 4 is 18.0 Å². The fourth-order valence-corrected chi connectivity index (χ4v) is 2.83. The summed E-state index contributed by atoms with van der Waals surface area (Å²) in [5.74, 6) is -0.838. The maximum absolute atomic E-state index is 13.0. The summed E-state index contributed by atoms with van der Waals surface area (Å²) in [5.41, 5.74) is 3.85. The third kappa shape index (κ3) is 4.50. The van der Waals surface area contributed by atoms with E-state index in [1.807, 2.05) is 0 Å². The van der Waals surface area contributed by atoms with Crippen LogP contribution >= 0.6 is 0 Å². The molecule has 1 N–H and O–H groups in total. The van der Waals surface area contributed by atoms with E-state index >= 15 is 0 Å². The van der Waals surface area contributed by atoms with E-state index in [1.54, 1.807) is 35.6 Å². The van der Waals surface area contributed by atoms with E-state index in [4.69, 9.17) is 0 Å². The van der Waals surface area contributed by atoms with E-state index in [0.29, 0.717) is 31.5 Å². The Balaban J connectivity index is 1.48. The van der Waals surface area contributed by atoms with Crippen LogP contribution in [0.15, 0.2) is 53.9 Å². The second-order valence-corrected chi connectivity index (χ2v) is 6.09. The Bertz CT molecular complexity index is 785. The number of amides is 2. The molecule has 7 heteroatoms. The molecule has 0 saturated carbocycles. The molecule has 1 saturated heterocycles. The number of hydrazone groups is 1. The molecule has 134 valence electrons. The average Bonchev–Trinajstić information content (AvgIpc) is 2.69. The number of hydrogen-bond acceptors (Lipinski definition) is 4. The molecule has 0 bridgehead atoms. The predicted octanol–water partition coefficient (Wildman–Crippen LogP) is 2.22. The first-order valence-corrected chi connectivity index (χ1v) is 8.41. The van der Waals surface area contributed by atoms with E-state index in [1.165, 1.54) is 24.3 Å². The van der Waals surface area contributed by atoms with Gasteiger partial charge in [-0.2, -0.15) is 5.10 Å². The number of carbonyl (C=O) groups is 2. The number of nitrogens with one attached hydrogen (secondary N) is 1. The first kappa shape index (κ1) is 17.7. The lowest BCUT2D eigenvalue weighted by Crippen LogP contribution is -2.42. The van der Waals surface area contributed by atoms with Gasteiger partial charge in [-0.25, -0.2) is 9.82 Å². The zero-order valence-corrected chi connectivity index (χ0v) is 14.1. The van der Waals surface area contributed by atoms with E-state index in [-0.39, 0.29) is 23.5 Å². The van der Waals surface area contributed by atoms with Gasteiger partial charge in [-0.05, 0) is 54.8 Å². The minimum absolute atomic E-state index is 0.139. The number of carbonyl (C=O) groups excluding carboxylic acids is 2. The summed E-state index contributed by atoms with van der Waals surface area (Å²) in [7, 11) is 0. The van der Waals surface area contributed by atoms with Crippen LogP contribution < -0.4 is 5.43 Å². The number of likely N-dealkylation sites (tertiary alicyclic amines) is 1. The molecule has 1 aromatic carbocycles. The Morgan fingerprint density at radius 2 is 1.77 bits per heavy atom. The van der Waals surface area contributed by atoms with Gasteiger partial charge in [0.25, 0.3) is 5.91 Å². The minimum Gasteiger partial charge on any atom is -0.339 e. The lowest BCUT2D eigenvalue weighted by molar-refractivity contribution is -0.126. The topological polar surface area (TPSA) is 74.7 Å². The molecule has 2 heterocycles. The molecule has 3 rings (SSSR count). The van der Waals surface area contributed by atoms with Gasteiger partial charge < -0.3 is 4.90 Å². The fourth-order valence-electron chi connectivity index (χ4n) is 2.83. The third-order valence-corrected chi connectivity index (χ3v) is 4.34. The lowest BCUT2D eigenvalue weighted by atomic mass is 9.95. The number of benzene rings is 1. The van der Waals surface area contributed by atoms with Crippen LogP contribution in [0.3, 0.4) is 0 Å². The van der Waals surface area contributed by atoms with Gasteiger partial charge in [0.2, 0.25) is 5.91 Å². The number of pyridine rings is 1. The van der Waals surface area contributed by atoms with Gasteiger partial charge >= 0.3 is 0 Å². The number of nitrogens with zero attached hydrogens (tertiary/aromatic N) is 3. The average molecular weight is 354 g/mol. The zero-order valence-electron chi connectivity index (χ0n) is 14.1. The van der Waals surface area contributed by atoms with Crippen molar-refractivity contribution in [1.29, 1.82) is 0 Å². The van der Waals surface area contributed by atoms with Crippen LogP contribution in [0.2, 0.25) is 0 Å². The van der Waals surface area contributed by atoms with E-state index in [9.17, 15) is 14.0 Å². The smallest absolute Gasteiger partial charge is 0.253 e. The van der Waals surface area contributed by atoms with Crippen LogP contribution in [-0.4, -0.2) is 41.0 Å². The monoisotopic (exact) mass is 354 g/mol. The second-order valence-electron chi connectivity index (χ2n) is 6.09. The van der Waals surface area contributed by atoms with Crippen molar-refractivity contribution < 1.29 is 14.0 Å².